The molecule has 0 aliphatic rings. The highest BCUT2D eigenvalue weighted by atomic mass is 16.5. The Morgan fingerprint density at radius 1 is 1.71 bits per heavy atom. The molecule has 1 atom stereocenters. The first kappa shape index (κ1) is 13.1. The SMILES string of the molecule is C=CCN(CCO)C(C)CC(=O)OC. The van der Waals surface area contributed by atoms with Crippen LogP contribution in [0.3, 0.4) is 0 Å². The predicted molar refractivity (Wildman–Crippen MR) is 55.0 cm³/mol. The highest BCUT2D eigenvalue weighted by Gasteiger charge is 2.15. The van der Waals surface area contributed by atoms with Crippen LogP contribution in [-0.4, -0.2) is 48.8 Å². The maximum absolute atomic E-state index is 11.0. The number of methoxy groups -OCH3 is 1. The van der Waals surface area contributed by atoms with Gasteiger partial charge in [-0.15, -0.1) is 6.58 Å². The molecule has 0 aromatic heterocycles. The first-order chi connectivity index (χ1) is 6.65. The Morgan fingerprint density at radius 2 is 2.36 bits per heavy atom. The van der Waals surface area contributed by atoms with E-state index in [2.05, 4.69) is 11.3 Å². The van der Waals surface area contributed by atoms with Crippen LogP contribution in [0.5, 0.6) is 0 Å². The molecule has 0 aliphatic carbocycles. The standard InChI is InChI=1S/C10H19NO3/c1-4-5-11(6-7-12)9(2)8-10(13)14-3/h4,9,12H,1,5-8H2,2-3H3. The van der Waals surface area contributed by atoms with Crippen molar-refractivity contribution in [3.63, 3.8) is 0 Å². The topological polar surface area (TPSA) is 49.8 Å². The van der Waals surface area contributed by atoms with Gasteiger partial charge in [0, 0.05) is 19.1 Å². The number of rotatable bonds is 7. The van der Waals surface area contributed by atoms with Crippen LogP contribution >= 0.6 is 0 Å². The van der Waals surface area contributed by atoms with E-state index >= 15 is 0 Å². The van der Waals surface area contributed by atoms with E-state index in [0.29, 0.717) is 19.5 Å². The summed E-state index contributed by atoms with van der Waals surface area (Å²) in [6.45, 7) is 6.85. The molecule has 0 radical (unpaired) electrons. The zero-order valence-corrected chi connectivity index (χ0v) is 8.90. The smallest absolute Gasteiger partial charge is 0.307 e. The molecule has 0 aliphatic heterocycles. The number of nitrogens with zero attached hydrogens (tertiary/aromatic N) is 1. The lowest BCUT2D eigenvalue weighted by Gasteiger charge is -2.26. The summed E-state index contributed by atoms with van der Waals surface area (Å²) in [4.78, 5) is 13.0. The molecule has 0 saturated heterocycles. The van der Waals surface area contributed by atoms with Crippen molar-refractivity contribution in [3.8, 4) is 0 Å². The Labute approximate surface area is 85.2 Å². The second-order valence-corrected chi connectivity index (χ2v) is 3.14. The van der Waals surface area contributed by atoms with Crippen molar-refractivity contribution < 1.29 is 14.6 Å². The molecule has 4 heteroatoms. The molecule has 1 N–H and O–H groups in total. The lowest BCUT2D eigenvalue weighted by molar-refractivity contribution is -0.141. The van der Waals surface area contributed by atoms with Crippen molar-refractivity contribution in [2.24, 2.45) is 0 Å². The average Bonchev–Trinajstić information content (AvgIpc) is 2.17. The van der Waals surface area contributed by atoms with Gasteiger partial charge < -0.3 is 9.84 Å². The lowest BCUT2D eigenvalue weighted by atomic mass is 10.2. The highest BCUT2D eigenvalue weighted by molar-refractivity contribution is 5.69. The van der Waals surface area contributed by atoms with Crippen molar-refractivity contribution in [1.82, 2.24) is 4.90 Å². The Kier molecular flexibility index (Phi) is 7.06. The van der Waals surface area contributed by atoms with Crippen molar-refractivity contribution in [3.05, 3.63) is 12.7 Å². The molecule has 0 aromatic rings. The summed E-state index contributed by atoms with van der Waals surface area (Å²) in [6, 6.07) is 0.0626. The summed E-state index contributed by atoms with van der Waals surface area (Å²) in [7, 11) is 1.37. The summed E-state index contributed by atoms with van der Waals surface area (Å²) in [5.74, 6) is -0.232. The van der Waals surface area contributed by atoms with Gasteiger partial charge in [0.1, 0.15) is 0 Å². The molecule has 82 valence electrons. The van der Waals surface area contributed by atoms with Crippen LogP contribution in [0, 0.1) is 0 Å². The third-order valence-electron chi connectivity index (χ3n) is 2.06. The number of esters is 1. The molecule has 0 fully saturated rings. The first-order valence-electron chi connectivity index (χ1n) is 4.68. The molecule has 0 rings (SSSR count). The number of ether oxygens (including phenoxy) is 1. The zero-order valence-electron chi connectivity index (χ0n) is 8.90. The van der Waals surface area contributed by atoms with Gasteiger partial charge in [0.05, 0.1) is 20.1 Å². The van der Waals surface area contributed by atoms with Gasteiger partial charge in [0.15, 0.2) is 0 Å². The van der Waals surface area contributed by atoms with E-state index in [1.54, 1.807) is 6.08 Å². The predicted octanol–water partition coefficient (Wildman–Crippen LogP) is 0.418. The van der Waals surface area contributed by atoms with Gasteiger partial charge in [-0.25, -0.2) is 0 Å². The third-order valence-corrected chi connectivity index (χ3v) is 2.06. The monoisotopic (exact) mass is 201 g/mol. The minimum absolute atomic E-state index is 0.0626. The van der Waals surface area contributed by atoms with Crippen LogP contribution in [0.4, 0.5) is 0 Å². The van der Waals surface area contributed by atoms with E-state index in [4.69, 9.17) is 5.11 Å². The van der Waals surface area contributed by atoms with E-state index in [1.807, 2.05) is 11.8 Å². The van der Waals surface area contributed by atoms with Crippen molar-refractivity contribution in [2.45, 2.75) is 19.4 Å². The summed E-state index contributed by atoms with van der Waals surface area (Å²) in [6.07, 6.45) is 2.09. The number of carbonyl (C=O) groups excluding carboxylic acids is 1. The van der Waals surface area contributed by atoms with Gasteiger partial charge in [-0.05, 0) is 6.92 Å². The fourth-order valence-corrected chi connectivity index (χ4v) is 1.24. The second kappa shape index (κ2) is 7.53. The largest absolute Gasteiger partial charge is 0.469 e. The van der Waals surface area contributed by atoms with Gasteiger partial charge in [0.25, 0.3) is 0 Å². The van der Waals surface area contributed by atoms with Crippen LogP contribution < -0.4 is 0 Å². The first-order valence-corrected chi connectivity index (χ1v) is 4.68. The van der Waals surface area contributed by atoms with Crippen LogP contribution in [0.1, 0.15) is 13.3 Å². The van der Waals surface area contributed by atoms with E-state index < -0.39 is 0 Å². The summed E-state index contributed by atoms with van der Waals surface area (Å²) in [5.41, 5.74) is 0. The van der Waals surface area contributed by atoms with Crippen LogP contribution in [-0.2, 0) is 9.53 Å². The molecular weight excluding hydrogens is 182 g/mol. The van der Waals surface area contributed by atoms with Gasteiger partial charge >= 0.3 is 5.97 Å². The summed E-state index contributed by atoms with van der Waals surface area (Å²) < 4.78 is 4.57. The normalized spacial score (nSPS) is 12.6. The molecule has 1 unspecified atom stereocenters. The van der Waals surface area contributed by atoms with E-state index in [9.17, 15) is 4.79 Å². The van der Waals surface area contributed by atoms with Crippen LogP contribution in [0.2, 0.25) is 0 Å². The van der Waals surface area contributed by atoms with E-state index in [1.165, 1.54) is 7.11 Å². The molecule has 4 nitrogen and oxygen atoms in total. The summed E-state index contributed by atoms with van der Waals surface area (Å²) >= 11 is 0. The van der Waals surface area contributed by atoms with E-state index in [-0.39, 0.29) is 18.6 Å². The third kappa shape index (κ3) is 4.99. The quantitative estimate of drug-likeness (QED) is 0.479. The van der Waals surface area contributed by atoms with Crippen molar-refractivity contribution in [1.29, 1.82) is 0 Å². The van der Waals surface area contributed by atoms with Gasteiger partial charge in [-0.1, -0.05) is 6.08 Å². The molecule has 0 aromatic carbocycles. The lowest BCUT2D eigenvalue weighted by Crippen LogP contribution is -2.37. The number of hydrogen-bond acceptors (Lipinski definition) is 4. The maximum Gasteiger partial charge on any atom is 0.307 e. The minimum Gasteiger partial charge on any atom is -0.469 e. The molecule has 0 spiro atoms. The van der Waals surface area contributed by atoms with Gasteiger partial charge in [-0.2, -0.15) is 0 Å². The fourth-order valence-electron chi connectivity index (χ4n) is 1.24. The van der Waals surface area contributed by atoms with Gasteiger partial charge in [0.2, 0.25) is 0 Å². The zero-order chi connectivity index (χ0) is 11.0. The Hall–Kier alpha value is -0.870. The number of hydrogen-bond donors (Lipinski definition) is 1. The molecule has 0 bridgehead atoms. The Morgan fingerprint density at radius 3 is 2.79 bits per heavy atom. The molecule has 0 saturated carbocycles. The van der Waals surface area contributed by atoms with E-state index in [0.717, 1.165) is 0 Å². The Bertz CT molecular complexity index is 182. The molecular formula is C10H19NO3. The van der Waals surface area contributed by atoms with Crippen molar-refractivity contribution >= 4 is 5.97 Å². The van der Waals surface area contributed by atoms with Crippen molar-refractivity contribution in [2.75, 3.05) is 26.8 Å². The average molecular weight is 201 g/mol. The van der Waals surface area contributed by atoms with Gasteiger partial charge in [-0.3, -0.25) is 9.69 Å². The minimum atomic E-state index is -0.232. The number of aliphatic hydroxyl groups excluding tert-OH is 1. The molecule has 14 heavy (non-hydrogen) atoms. The number of aliphatic hydroxyl groups is 1. The second-order valence-electron chi connectivity index (χ2n) is 3.14. The summed E-state index contributed by atoms with van der Waals surface area (Å²) in [5, 5.41) is 8.81. The maximum atomic E-state index is 11.0. The molecule has 0 amide bonds. The number of carbonyl (C=O) groups is 1. The van der Waals surface area contributed by atoms with Crippen LogP contribution in [0.15, 0.2) is 12.7 Å². The fraction of sp³-hybridized carbons (Fsp3) is 0.700. The highest BCUT2D eigenvalue weighted by Crippen LogP contribution is 2.04. The molecule has 0 heterocycles. The Balaban J connectivity index is 4.05. The van der Waals surface area contributed by atoms with Crippen LogP contribution in [0.25, 0.3) is 0 Å².